The van der Waals surface area contributed by atoms with Gasteiger partial charge in [0.1, 0.15) is 29.1 Å². The van der Waals surface area contributed by atoms with E-state index in [0.29, 0.717) is 36.7 Å². The summed E-state index contributed by atoms with van der Waals surface area (Å²) >= 11 is 0. The number of rotatable bonds is 2. The minimum absolute atomic E-state index is 0.139. The van der Waals surface area contributed by atoms with Crippen molar-refractivity contribution < 1.29 is 13.2 Å². The smallest absolute Gasteiger partial charge is 0.247 e. The SMILES string of the molecule is Cc1cc(C)c(C#N)c(N[C@H]2C[C@H]3COc4ccccc4S(=O)(=O)N3C2)n1. The molecule has 27 heavy (non-hydrogen) atoms. The van der Waals surface area contributed by atoms with Gasteiger partial charge in [-0.2, -0.15) is 9.57 Å². The van der Waals surface area contributed by atoms with Gasteiger partial charge < -0.3 is 10.1 Å². The fraction of sp³-hybridized carbons (Fsp3) is 0.368. The lowest BCUT2D eigenvalue weighted by Crippen LogP contribution is -2.37. The van der Waals surface area contributed by atoms with Crippen molar-refractivity contribution in [2.45, 2.75) is 37.2 Å². The van der Waals surface area contributed by atoms with Crippen LogP contribution in [0.25, 0.3) is 0 Å². The fourth-order valence-electron chi connectivity index (χ4n) is 3.81. The van der Waals surface area contributed by atoms with Gasteiger partial charge in [-0.25, -0.2) is 13.4 Å². The molecule has 2 aliphatic heterocycles. The van der Waals surface area contributed by atoms with Crippen molar-refractivity contribution in [2.75, 3.05) is 18.5 Å². The highest BCUT2D eigenvalue weighted by atomic mass is 32.2. The van der Waals surface area contributed by atoms with Crippen LogP contribution in [0, 0.1) is 25.2 Å². The average molecular weight is 384 g/mol. The summed E-state index contributed by atoms with van der Waals surface area (Å²) in [6.45, 7) is 4.36. The van der Waals surface area contributed by atoms with Gasteiger partial charge in [0.15, 0.2) is 0 Å². The molecule has 1 saturated heterocycles. The summed E-state index contributed by atoms with van der Waals surface area (Å²) < 4.78 is 33.4. The van der Waals surface area contributed by atoms with Gasteiger partial charge in [-0.05, 0) is 44.0 Å². The zero-order valence-electron chi connectivity index (χ0n) is 15.1. The minimum atomic E-state index is -3.63. The number of nitrogens with zero attached hydrogens (tertiary/aromatic N) is 3. The molecule has 2 aliphatic rings. The van der Waals surface area contributed by atoms with Crippen molar-refractivity contribution in [1.29, 1.82) is 5.26 Å². The summed E-state index contributed by atoms with van der Waals surface area (Å²) in [5.74, 6) is 0.913. The zero-order chi connectivity index (χ0) is 19.2. The molecule has 8 heteroatoms. The van der Waals surface area contributed by atoms with Crippen molar-refractivity contribution in [1.82, 2.24) is 9.29 Å². The van der Waals surface area contributed by atoms with Crippen LogP contribution in [0.5, 0.6) is 5.75 Å². The molecule has 1 aromatic heterocycles. The lowest BCUT2D eigenvalue weighted by atomic mass is 10.1. The second kappa shape index (κ2) is 6.51. The molecule has 3 heterocycles. The van der Waals surface area contributed by atoms with Crippen LogP contribution < -0.4 is 10.1 Å². The van der Waals surface area contributed by atoms with Gasteiger partial charge in [0, 0.05) is 18.3 Å². The van der Waals surface area contributed by atoms with E-state index in [9.17, 15) is 13.7 Å². The van der Waals surface area contributed by atoms with Crippen LogP contribution in [-0.4, -0.2) is 42.9 Å². The number of benzene rings is 1. The Hall–Kier alpha value is -2.63. The molecule has 0 aliphatic carbocycles. The molecule has 0 bridgehead atoms. The van der Waals surface area contributed by atoms with Crippen molar-refractivity contribution in [3.05, 3.63) is 47.2 Å². The average Bonchev–Trinajstić information content (AvgIpc) is 2.99. The molecule has 0 unspecified atom stereocenters. The van der Waals surface area contributed by atoms with E-state index >= 15 is 0 Å². The van der Waals surface area contributed by atoms with Gasteiger partial charge in [0.2, 0.25) is 10.0 Å². The molecular weight excluding hydrogens is 364 g/mol. The number of sulfonamides is 1. The third kappa shape index (κ3) is 3.03. The fourth-order valence-corrected chi connectivity index (χ4v) is 5.61. The van der Waals surface area contributed by atoms with Gasteiger partial charge in [-0.15, -0.1) is 0 Å². The highest BCUT2D eigenvalue weighted by Gasteiger charge is 2.43. The summed E-state index contributed by atoms with van der Waals surface area (Å²) in [5, 5.41) is 12.7. The molecule has 0 saturated carbocycles. The molecule has 4 rings (SSSR count). The Bertz CT molecular complexity index is 1050. The third-order valence-electron chi connectivity index (χ3n) is 5.03. The first-order chi connectivity index (χ1) is 12.9. The molecule has 0 amide bonds. The minimum Gasteiger partial charge on any atom is -0.490 e. The standard InChI is InChI=1S/C19H20N4O3S/c1-12-7-13(2)21-19(16(12)9-20)22-14-8-15-11-26-17-5-3-4-6-18(17)27(24,25)23(15)10-14/h3-7,14-15H,8,10-11H2,1-2H3,(H,21,22)/t14-,15-/m0/s1. The van der Waals surface area contributed by atoms with E-state index in [1.165, 1.54) is 4.31 Å². The second-order valence-electron chi connectivity index (χ2n) is 6.98. The number of nitrogens with one attached hydrogen (secondary N) is 1. The largest absolute Gasteiger partial charge is 0.490 e. The number of pyridine rings is 1. The zero-order valence-corrected chi connectivity index (χ0v) is 16.0. The predicted octanol–water partition coefficient (Wildman–Crippen LogP) is 2.21. The molecule has 2 aromatic rings. The number of anilines is 1. The Morgan fingerprint density at radius 3 is 2.89 bits per heavy atom. The van der Waals surface area contributed by atoms with Crippen LogP contribution in [0.4, 0.5) is 5.82 Å². The van der Waals surface area contributed by atoms with Crippen molar-refractivity contribution in [3.63, 3.8) is 0 Å². The van der Waals surface area contributed by atoms with Gasteiger partial charge >= 0.3 is 0 Å². The Balaban J connectivity index is 1.63. The Labute approximate surface area is 158 Å². The molecule has 2 atom stereocenters. The van der Waals surface area contributed by atoms with Gasteiger partial charge in [0.05, 0.1) is 11.6 Å². The van der Waals surface area contributed by atoms with E-state index in [-0.39, 0.29) is 17.0 Å². The molecule has 0 radical (unpaired) electrons. The van der Waals surface area contributed by atoms with E-state index in [2.05, 4.69) is 16.4 Å². The van der Waals surface area contributed by atoms with Crippen molar-refractivity contribution >= 4 is 15.8 Å². The molecule has 140 valence electrons. The molecule has 1 aromatic carbocycles. The molecular formula is C19H20N4O3S. The number of aryl methyl sites for hydroxylation is 2. The first kappa shape index (κ1) is 17.8. The topological polar surface area (TPSA) is 95.3 Å². The highest BCUT2D eigenvalue weighted by Crippen LogP contribution is 2.36. The van der Waals surface area contributed by atoms with E-state index in [0.717, 1.165) is 11.3 Å². The molecule has 7 nitrogen and oxygen atoms in total. The maximum Gasteiger partial charge on any atom is 0.247 e. The first-order valence-electron chi connectivity index (χ1n) is 8.78. The van der Waals surface area contributed by atoms with E-state index < -0.39 is 10.0 Å². The van der Waals surface area contributed by atoms with Crippen LogP contribution in [0.3, 0.4) is 0 Å². The maximum absolute atomic E-state index is 13.1. The van der Waals surface area contributed by atoms with E-state index in [1.54, 1.807) is 24.3 Å². The third-order valence-corrected chi connectivity index (χ3v) is 6.99. The summed E-state index contributed by atoms with van der Waals surface area (Å²) in [6, 6.07) is 10.4. The number of aromatic nitrogens is 1. The molecule has 1 fully saturated rings. The number of nitriles is 1. The monoisotopic (exact) mass is 384 g/mol. The maximum atomic E-state index is 13.1. The number of hydrogen-bond donors (Lipinski definition) is 1. The summed E-state index contributed by atoms with van der Waals surface area (Å²) in [5.41, 5.74) is 2.16. The number of fused-ring (bicyclic) bond motifs is 2. The second-order valence-corrected chi connectivity index (χ2v) is 8.84. The van der Waals surface area contributed by atoms with Crippen LogP contribution in [0.2, 0.25) is 0 Å². The molecule has 0 spiro atoms. The normalized spacial score (nSPS) is 23.4. The van der Waals surface area contributed by atoms with Crippen LogP contribution in [0.1, 0.15) is 23.2 Å². The number of para-hydroxylation sites is 1. The summed E-state index contributed by atoms with van der Waals surface area (Å²) in [6.07, 6.45) is 0.590. The number of hydrogen-bond acceptors (Lipinski definition) is 6. The number of ether oxygens (including phenoxy) is 1. The Morgan fingerprint density at radius 2 is 2.11 bits per heavy atom. The van der Waals surface area contributed by atoms with Crippen LogP contribution in [0.15, 0.2) is 35.2 Å². The summed E-state index contributed by atoms with van der Waals surface area (Å²) in [4.78, 5) is 4.65. The Morgan fingerprint density at radius 1 is 1.33 bits per heavy atom. The lowest BCUT2D eigenvalue weighted by Gasteiger charge is -2.19. The van der Waals surface area contributed by atoms with Crippen LogP contribution in [-0.2, 0) is 10.0 Å². The quantitative estimate of drug-likeness (QED) is 0.853. The lowest BCUT2D eigenvalue weighted by molar-refractivity contribution is 0.240. The van der Waals surface area contributed by atoms with Crippen LogP contribution >= 0.6 is 0 Å². The Kier molecular flexibility index (Phi) is 4.29. The summed E-state index contributed by atoms with van der Waals surface area (Å²) in [7, 11) is -3.63. The predicted molar refractivity (Wildman–Crippen MR) is 100 cm³/mol. The van der Waals surface area contributed by atoms with Gasteiger partial charge in [0.25, 0.3) is 0 Å². The van der Waals surface area contributed by atoms with Crippen molar-refractivity contribution in [2.24, 2.45) is 0 Å². The highest BCUT2D eigenvalue weighted by molar-refractivity contribution is 7.89. The van der Waals surface area contributed by atoms with Crippen molar-refractivity contribution in [3.8, 4) is 11.8 Å². The van der Waals surface area contributed by atoms with Gasteiger partial charge in [-0.1, -0.05) is 12.1 Å². The first-order valence-corrected chi connectivity index (χ1v) is 10.2. The molecule has 1 N–H and O–H groups in total. The van der Waals surface area contributed by atoms with E-state index in [1.807, 2.05) is 19.9 Å². The van der Waals surface area contributed by atoms with E-state index in [4.69, 9.17) is 4.74 Å². The van der Waals surface area contributed by atoms with Gasteiger partial charge in [-0.3, -0.25) is 0 Å².